The van der Waals surface area contributed by atoms with Gasteiger partial charge >= 0.3 is 0 Å². The predicted molar refractivity (Wildman–Crippen MR) is 80.7 cm³/mol. The maximum atomic E-state index is 11.7. The van der Waals surface area contributed by atoms with Crippen LogP contribution in [0.4, 0.5) is 0 Å². The van der Waals surface area contributed by atoms with Gasteiger partial charge in [0.2, 0.25) is 5.91 Å². The van der Waals surface area contributed by atoms with Crippen molar-refractivity contribution < 1.29 is 9.53 Å². The van der Waals surface area contributed by atoms with Gasteiger partial charge in [-0.25, -0.2) is 0 Å². The Balaban J connectivity index is 2.55. The summed E-state index contributed by atoms with van der Waals surface area (Å²) in [4.78, 5) is 11.7. The fourth-order valence-corrected chi connectivity index (χ4v) is 2.38. The van der Waals surface area contributed by atoms with E-state index in [0.29, 0.717) is 0 Å². The summed E-state index contributed by atoms with van der Waals surface area (Å²) < 4.78 is 5.37. The fraction of sp³-hybridized carbons (Fsp3) is 0.312. The van der Waals surface area contributed by atoms with Crippen molar-refractivity contribution in [2.24, 2.45) is 5.73 Å². The lowest BCUT2D eigenvalue weighted by molar-refractivity contribution is -0.120. The van der Waals surface area contributed by atoms with Crippen molar-refractivity contribution in [3.05, 3.63) is 42.0 Å². The van der Waals surface area contributed by atoms with E-state index in [-0.39, 0.29) is 5.91 Å². The number of amides is 1. The summed E-state index contributed by atoms with van der Waals surface area (Å²) in [6.45, 7) is 2.80. The van der Waals surface area contributed by atoms with Crippen LogP contribution in [0.25, 0.3) is 10.8 Å². The van der Waals surface area contributed by atoms with Gasteiger partial charge in [-0.1, -0.05) is 37.3 Å². The molecule has 0 aliphatic carbocycles. The smallest absolute Gasteiger partial charge is 0.239 e. The Morgan fingerprint density at radius 2 is 1.95 bits per heavy atom. The van der Waals surface area contributed by atoms with Gasteiger partial charge < -0.3 is 15.8 Å². The van der Waals surface area contributed by atoms with Crippen LogP contribution in [0.2, 0.25) is 0 Å². The number of fused-ring (bicyclic) bond motifs is 1. The van der Waals surface area contributed by atoms with E-state index in [4.69, 9.17) is 10.5 Å². The maximum absolute atomic E-state index is 11.7. The summed E-state index contributed by atoms with van der Waals surface area (Å²) in [6, 6.07) is 11.2. The second-order valence-corrected chi connectivity index (χ2v) is 4.69. The summed E-state index contributed by atoms with van der Waals surface area (Å²) >= 11 is 0. The maximum Gasteiger partial charge on any atom is 0.239 e. The molecule has 2 aromatic rings. The van der Waals surface area contributed by atoms with Crippen molar-refractivity contribution >= 4 is 16.7 Å². The van der Waals surface area contributed by atoms with Crippen molar-refractivity contribution in [2.45, 2.75) is 19.4 Å². The average molecular weight is 272 g/mol. The number of nitrogens with one attached hydrogen (secondary N) is 1. The molecule has 0 fully saturated rings. The zero-order valence-electron chi connectivity index (χ0n) is 11.8. The van der Waals surface area contributed by atoms with Gasteiger partial charge in [0, 0.05) is 5.39 Å². The summed E-state index contributed by atoms with van der Waals surface area (Å²) in [6.07, 6.45) is 0.942. The van der Waals surface area contributed by atoms with Crippen molar-refractivity contribution in [1.29, 1.82) is 0 Å². The Kier molecular flexibility index (Phi) is 4.58. The molecular weight excluding hydrogens is 252 g/mol. The number of methoxy groups -OCH3 is 1. The van der Waals surface area contributed by atoms with Gasteiger partial charge in [0.25, 0.3) is 0 Å². The quantitative estimate of drug-likeness (QED) is 0.848. The Bertz CT molecular complexity index is 610. The van der Waals surface area contributed by atoms with Crippen LogP contribution < -0.4 is 15.8 Å². The van der Waals surface area contributed by atoms with Crippen LogP contribution in [-0.4, -0.2) is 19.6 Å². The molecule has 0 saturated heterocycles. The van der Waals surface area contributed by atoms with Crippen molar-refractivity contribution in [3.63, 3.8) is 0 Å². The molecule has 3 N–H and O–H groups in total. The monoisotopic (exact) mass is 272 g/mol. The molecule has 106 valence electrons. The molecule has 0 saturated carbocycles. The molecule has 0 aliphatic rings. The summed E-state index contributed by atoms with van der Waals surface area (Å²) in [5, 5.41) is 5.17. The van der Waals surface area contributed by atoms with Crippen molar-refractivity contribution in [3.8, 4) is 5.75 Å². The summed E-state index contributed by atoms with van der Waals surface area (Å²) in [5.74, 6) is 0.428. The molecule has 2 aromatic carbocycles. The second-order valence-electron chi connectivity index (χ2n) is 4.69. The van der Waals surface area contributed by atoms with Gasteiger partial charge in [0.1, 0.15) is 11.8 Å². The lowest BCUT2D eigenvalue weighted by Crippen LogP contribution is -2.34. The largest absolute Gasteiger partial charge is 0.496 e. The zero-order chi connectivity index (χ0) is 14.5. The minimum atomic E-state index is -0.481. The molecule has 20 heavy (non-hydrogen) atoms. The molecule has 4 nitrogen and oxygen atoms in total. The van der Waals surface area contributed by atoms with E-state index >= 15 is 0 Å². The van der Waals surface area contributed by atoms with Gasteiger partial charge in [-0.15, -0.1) is 0 Å². The average Bonchev–Trinajstić information content (AvgIpc) is 2.47. The van der Waals surface area contributed by atoms with Gasteiger partial charge in [-0.3, -0.25) is 4.79 Å². The zero-order valence-corrected chi connectivity index (χ0v) is 11.8. The molecule has 1 unspecified atom stereocenters. The molecule has 1 amide bonds. The summed E-state index contributed by atoms with van der Waals surface area (Å²) in [5.41, 5.74) is 6.43. The second kappa shape index (κ2) is 6.39. The number of carbonyl (C=O) groups is 1. The van der Waals surface area contributed by atoms with Crippen LogP contribution in [0.15, 0.2) is 36.4 Å². The summed E-state index contributed by atoms with van der Waals surface area (Å²) in [7, 11) is 1.64. The van der Waals surface area contributed by atoms with E-state index in [0.717, 1.165) is 35.1 Å². The van der Waals surface area contributed by atoms with Crippen LogP contribution in [0, 0.1) is 0 Å². The molecule has 0 bridgehead atoms. The first-order chi connectivity index (χ1) is 9.69. The molecule has 0 aromatic heterocycles. The number of rotatable bonds is 6. The molecule has 0 heterocycles. The van der Waals surface area contributed by atoms with E-state index in [1.165, 1.54) is 0 Å². The molecule has 0 radical (unpaired) electrons. The number of benzene rings is 2. The number of nitrogens with two attached hydrogens (primary N) is 1. The number of primary amides is 1. The molecule has 2 rings (SSSR count). The Labute approximate surface area is 118 Å². The van der Waals surface area contributed by atoms with E-state index in [9.17, 15) is 4.79 Å². The van der Waals surface area contributed by atoms with Gasteiger partial charge in [0.05, 0.1) is 7.11 Å². The highest BCUT2D eigenvalue weighted by Crippen LogP contribution is 2.31. The number of hydrogen-bond acceptors (Lipinski definition) is 3. The van der Waals surface area contributed by atoms with Crippen LogP contribution in [-0.2, 0) is 4.79 Å². The lowest BCUT2D eigenvalue weighted by atomic mass is 9.97. The van der Waals surface area contributed by atoms with E-state index in [1.54, 1.807) is 7.11 Å². The van der Waals surface area contributed by atoms with Gasteiger partial charge in [-0.05, 0) is 30.0 Å². The number of hydrogen-bond donors (Lipinski definition) is 2. The van der Waals surface area contributed by atoms with Crippen LogP contribution >= 0.6 is 0 Å². The molecule has 0 spiro atoms. The highest BCUT2D eigenvalue weighted by molar-refractivity contribution is 5.95. The third kappa shape index (κ3) is 2.75. The third-order valence-corrected chi connectivity index (χ3v) is 3.33. The highest BCUT2D eigenvalue weighted by Gasteiger charge is 2.20. The Morgan fingerprint density at radius 3 is 2.55 bits per heavy atom. The van der Waals surface area contributed by atoms with E-state index in [1.807, 2.05) is 36.4 Å². The van der Waals surface area contributed by atoms with Crippen molar-refractivity contribution in [2.75, 3.05) is 13.7 Å². The van der Waals surface area contributed by atoms with Crippen LogP contribution in [0.3, 0.4) is 0 Å². The number of carbonyl (C=O) groups excluding carboxylic acids is 1. The SMILES string of the molecule is CCCNC(C(N)=O)c1ccc(OC)c2ccccc12. The first kappa shape index (κ1) is 14.3. The standard InChI is InChI=1S/C16H20N2O2/c1-3-10-18-15(16(17)19)13-8-9-14(20-2)12-7-5-4-6-11(12)13/h4-9,15,18H,3,10H2,1-2H3,(H2,17,19). The molecule has 1 atom stereocenters. The first-order valence-electron chi connectivity index (χ1n) is 6.77. The predicted octanol–water partition coefficient (Wildman–Crippen LogP) is 2.37. The minimum Gasteiger partial charge on any atom is -0.496 e. The first-order valence-corrected chi connectivity index (χ1v) is 6.77. The topological polar surface area (TPSA) is 64.3 Å². The Morgan fingerprint density at radius 1 is 1.25 bits per heavy atom. The minimum absolute atomic E-state index is 0.367. The number of ether oxygens (including phenoxy) is 1. The molecule has 0 aliphatic heterocycles. The lowest BCUT2D eigenvalue weighted by Gasteiger charge is -2.18. The van der Waals surface area contributed by atoms with Gasteiger partial charge in [0.15, 0.2) is 0 Å². The highest BCUT2D eigenvalue weighted by atomic mass is 16.5. The third-order valence-electron chi connectivity index (χ3n) is 3.33. The van der Waals surface area contributed by atoms with Crippen LogP contribution in [0.5, 0.6) is 5.75 Å². The fourth-order valence-electron chi connectivity index (χ4n) is 2.38. The van der Waals surface area contributed by atoms with Crippen LogP contribution in [0.1, 0.15) is 24.9 Å². The van der Waals surface area contributed by atoms with E-state index < -0.39 is 6.04 Å². The van der Waals surface area contributed by atoms with E-state index in [2.05, 4.69) is 12.2 Å². The molecular formula is C16H20N2O2. The van der Waals surface area contributed by atoms with Crippen molar-refractivity contribution in [1.82, 2.24) is 5.32 Å². The molecule has 4 heteroatoms. The Hall–Kier alpha value is -2.07. The van der Waals surface area contributed by atoms with Gasteiger partial charge in [-0.2, -0.15) is 0 Å². The normalized spacial score (nSPS) is 12.3.